The maximum atomic E-state index is 8.60. The van der Waals surface area contributed by atoms with E-state index in [-0.39, 0.29) is 12.7 Å². The zero-order chi connectivity index (χ0) is 11.8. The highest BCUT2D eigenvalue weighted by Gasteiger charge is 2.04. The van der Waals surface area contributed by atoms with E-state index in [0.29, 0.717) is 6.61 Å². The minimum Gasteiger partial charge on any atom is -0.394 e. The number of hydrogen-bond acceptors (Lipinski definition) is 5. The van der Waals surface area contributed by atoms with Gasteiger partial charge in [0.25, 0.3) is 0 Å². The van der Waals surface area contributed by atoms with E-state index in [0.717, 1.165) is 25.2 Å². The second-order valence-corrected chi connectivity index (χ2v) is 3.70. The summed E-state index contributed by atoms with van der Waals surface area (Å²) in [4.78, 5) is 0. The Bertz CT molecular complexity index is 290. The molecule has 1 rings (SSSR count). The van der Waals surface area contributed by atoms with E-state index in [4.69, 9.17) is 9.84 Å². The lowest BCUT2D eigenvalue weighted by atomic mass is 10.3. The predicted molar refractivity (Wildman–Crippen MR) is 59.9 cm³/mol. The van der Waals surface area contributed by atoms with Crippen LogP contribution in [0.15, 0.2) is 6.20 Å². The lowest BCUT2D eigenvalue weighted by Crippen LogP contribution is -2.14. The smallest absolute Gasteiger partial charge is 0.0964 e. The highest BCUT2D eigenvalue weighted by atomic mass is 16.5. The first-order valence-corrected chi connectivity index (χ1v) is 5.52. The minimum absolute atomic E-state index is 0.0694. The summed E-state index contributed by atoms with van der Waals surface area (Å²) in [6.45, 7) is 3.96. The average molecular weight is 228 g/mol. The van der Waals surface area contributed by atoms with Crippen LogP contribution in [0.25, 0.3) is 0 Å². The summed E-state index contributed by atoms with van der Waals surface area (Å²) in [5, 5.41) is 19.6. The van der Waals surface area contributed by atoms with Crippen molar-refractivity contribution in [3.63, 3.8) is 0 Å². The van der Waals surface area contributed by atoms with Gasteiger partial charge in [0.05, 0.1) is 25.0 Å². The maximum absolute atomic E-state index is 8.60. The topological polar surface area (TPSA) is 72.2 Å². The number of aryl methyl sites for hydroxylation is 1. The second-order valence-electron chi connectivity index (χ2n) is 3.70. The van der Waals surface area contributed by atoms with Crippen LogP contribution in [-0.4, -0.2) is 46.5 Å². The van der Waals surface area contributed by atoms with E-state index in [1.54, 1.807) is 0 Å². The third-order valence-electron chi connectivity index (χ3n) is 2.20. The quantitative estimate of drug-likeness (QED) is 0.644. The van der Waals surface area contributed by atoms with Gasteiger partial charge in [-0.3, -0.25) is 4.68 Å². The predicted octanol–water partition coefficient (Wildman–Crippen LogP) is -0.215. The van der Waals surface area contributed by atoms with Gasteiger partial charge >= 0.3 is 0 Å². The molecule has 1 unspecified atom stereocenters. The summed E-state index contributed by atoms with van der Waals surface area (Å²) in [7, 11) is 1.88. The Morgan fingerprint density at radius 2 is 2.44 bits per heavy atom. The van der Waals surface area contributed by atoms with Gasteiger partial charge in [0.1, 0.15) is 0 Å². The van der Waals surface area contributed by atoms with Gasteiger partial charge in [0.15, 0.2) is 0 Å². The molecule has 1 aromatic rings. The van der Waals surface area contributed by atoms with Crippen LogP contribution in [0.3, 0.4) is 0 Å². The van der Waals surface area contributed by atoms with Crippen LogP contribution in [0.1, 0.15) is 19.0 Å². The molecule has 1 aromatic heterocycles. The SMILES string of the molecule is CNCc1cn(CCC(C)OCCO)nn1. The van der Waals surface area contributed by atoms with E-state index < -0.39 is 0 Å². The van der Waals surface area contributed by atoms with E-state index >= 15 is 0 Å². The summed E-state index contributed by atoms with van der Waals surface area (Å²) >= 11 is 0. The van der Waals surface area contributed by atoms with Crippen LogP contribution >= 0.6 is 0 Å². The summed E-state index contributed by atoms with van der Waals surface area (Å²) < 4.78 is 7.15. The van der Waals surface area contributed by atoms with Crippen molar-refractivity contribution in [1.29, 1.82) is 0 Å². The fourth-order valence-electron chi connectivity index (χ4n) is 1.36. The molecular weight excluding hydrogens is 208 g/mol. The van der Waals surface area contributed by atoms with Crippen molar-refractivity contribution in [2.45, 2.75) is 32.5 Å². The lowest BCUT2D eigenvalue weighted by Gasteiger charge is -2.11. The molecule has 0 fully saturated rings. The van der Waals surface area contributed by atoms with Crippen molar-refractivity contribution in [3.8, 4) is 0 Å². The molecule has 0 saturated heterocycles. The third-order valence-corrected chi connectivity index (χ3v) is 2.20. The molecule has 0 saturated carbocycles. The maximum Gasteiger partial charge on any atom is 0.0964 e. The van der Waals surface area contributed by atoms with Gasteiger partial charge in [0.2, 0.25) is 0 Å². The second kappa shape index (κ2) is 7.32. The largest absolute Gasteiger partial charge is 0.394 e. The van der Waals surface area contributed by atoms with Gasteiger partial charge in [-0.1, -0.05) is 5.21 Å². The number of aliphatic hydroxyl groups excluding tert-OH is 1. The monoisotopic (exact) mass is 228 g/mol. The summed E-state index contributed by atoms with van der Waals surface area (Å²) in [6.07, 6.45) is 2.92. The summed E-state index contributed by atoms with van der Waals surface area (Å²) in [5.41, 5.74) is 0.937. The number of ether oxygens (including phenoxy) is 1. The fraction of sp³-hybridized carbons (Fsp3) is 0.800. The molecule has 1 heterocycles. The molecule has 0 aliphatic heterocycles. The highest BCUT2D eigenvalue weighted by molar-refractivity contribution is 4.90. The third kappa shape index (κ3) is 4.69. The van der Waals surface area contributed by atoms with Crippen LogP contribution in [0.2, 0.25) is 0 Å². The first-order chi connectivity index (χ1) is 7.76. The van der Waals surface area contributed by atoms with Crippen LogP contribution in [0.4, 0.5) is 0 Å². The Morgan fingerprint density at radius 3 is 3.12 bits per heavy atom. The molecule has 6 heteroatoms. The lowest BCUT2D eigenvalue weighted by molar-refractivity contribution is 0.0319. The first-order valence-electron chi connectivity index (χ1n) is 5.52. The molecule has 2 N–H and O–H groups in total. The molecule has 0 aliphatic carbocycles. The standard InChI is InChI=1S/C10H20N4O2/c1-9(16-6-5-15)3-4-14-8-10(7-11-2)12-13-14/h8-9,11,15H,3-7H2,1-2H3. The molecular formula is C10H20N4O2. The zero-order valence-electron chi connectivity index (χ0n) is 9.89. The van der Waals surface area contributed by atoms with Crippen LogP contribution < -0.4 is 5.32 Å². The molecule has 0 amide bonds. The Hall–Kier alpha value is -0.980. The Morgan fingerprint density at radius 1 is 1.62 bits per heavy atom. The van der Waals surface area contributed by atoms with Crippen molar-refractivity contribution in [2.75, 3.05) is 20.3 Å². The Kier molecular flexibility index (Phi) is 5.99. The van der Waals surface area contributed by atoms with Gasteiger partial charge in [0, 0.05) is 19.3 Å². The molecule has 92 valence electrons. The first kappa shape index (κ1) is 13.1. The van der Waals surface area contributed by atoms with Crippen molar-refractivity contribution in [1.82, 2.24) is 20.3 Å². The molecule has 0 radical (unpaired) electrons. The average Bonchev–Trinajstić information content (AvgIpc) is 2.72. The molecule has 0 spiro atoms. The van der Waals surface area contributed by atoms with E-state index in [2.05, 4.69) is 15.6 Å². The van der Waals surface area contributed by atoms with E-state index in [1.807, 2.05) is 24.9 Å². The van der Waals surface area contributed by atoms with Gasteiger partial charge in [-0.15, -0.1) is 5.10 Å². The molecule has 0 bridgehead atoms. The molecule has 6 nitrogen and oxygen atoms in total. The number of nitrogens with zero attached hydrogens (tertiary/aromatic N) is 3. The number of aromatic nitrogens is 3. The van der Waals surface area contributed by atoms with Crippen LogP contribution in [0.5, 0.6) is 0 Å². The Balaban J connectivity index is 2.25. The number of nitrogens with one attached hydrogen (secondary N) is 1. The minimum atomic E-state index is 0.0694. The van der Waals surface area contributed by atoms with Crippen molar-refractivity contribution < 1.29 is 9.84 Å². The van der Waals surface area contributed by atoms with Crippen LogP contribution in [0, 0.1) is 0 Å². The van der Waals surface area contributed by atoms with Gasteiger partial charge in [-0.2, -0.15) is 0 Å². The van der Waals surface area contributed by atoms with Gasteiger partial charge in [-0.05, 0) is 20.4 Å². The van der Waals surface area contributed by atoms with Crippen molar-refractivity contribution in [3.05, 3.63) is 11.9 Å². The molecule has 0 aromatic carbocycles. The van der Waals surface area contributed by atoms with Crippen molar-refractivity contribution >= 4 is 0 Å². The zero-order valence-corrected chi connectivity index (χ0v) is 9.89. The fourth-order valence-corrected chi connectivity index (χ4v) is 1.36. The van der Waals surface area contributed by atoms with Crippen LogP contribution in [-0.2, 0) is 17.8 Å². The van der Waals surface area contributed by atoms with Gasteiger partial charge in [-0.25, -0.2) is 0 Å². The normalized spacial score (nSPS) is 12.9. The van der Waals surface area contributed by atoms with Crippen molar-refractivity contribution in [2.24, 2.45) is 0 Å². The molecule has 0 aliphatic rings. The number of aliphatic hydroxyl groups is 1. The number of rotatable bonds is 8. The molecule has 16 heavy (non-hydrogen) atoms. The molecule has 1 atom stereocenters. The number of hydrogen-bond donors (Lipinski definition) is 2. The van der Waals surface area contributed by atoms with E-state index in [1.165, 1.54) is 0 Å². The summed E-state index contributed by atoms with van der Waals surface area (Å²) in [5.74, 6) is 0. The highest BCUT2D eigenvalue weighted by Crippen LogP contribution is 2.00. The Labute approximate surface area is 95.6 Å². The summed E-state index contributed by atoms with van der Waals surface area (Å²) in [6, 6.07) is 0. The van der Waals surface area contributed by atoms with E-state index in [9.17, 15) is 0 Å². The van der Waals surface area contributed by atoms with Gasteiger partial charge < -0.3 is 15.2 Å².